The minimum atomic E-state index is -0.0311. The van der Waals surface area contributed by atoms with Crippen molar-refractivity contribution in [3.05, 3.63) is 59.2 Å². The first-order chi connectivity index (χ1) is 13.1. The Morgan fingerprint density at radius 3 is 2.81 bits per heavy atom. The van der Waals surface area contributed by atoms with Crippen molar-refractivity contribution in [3.63, 3.8) is 0 Å². The topological polar surface area (TPSA) is 50.6 Å². The Bertz CT molecular complexity index is 915. The number of rotatable bonds is 2. The summed E-state index contributed by atoms with van der Waals surface area (Å²) in [5.74, 6) is -0.0311. The van der Waals surface area contributed by atoms with Gasteiger partial charge in [-0.3, -0.25) is 9.69 Å². The zero-order chi connectivity index (χ0) is 19.0. The molecule has 138 valence electrons. The van der Waals surface area contributed by atoms with Crippen LogP contribution in [0.2, 0.25) is 0 Å². The summed E-state index contributed by atoms with van der Waals surface area (Å²) < 4.78 is 0. The largest absolute Gasteiger partial charge is 0.378 e. The van der Waals surface area contributed by atoms with Gasteiger partial charge in [0, 0.05) is 50.2 Å². The lowest BCUT2D eigenvalue weighted by Gasteiger charge is -2.27. The number of carbonyl (C=O) groups excluding carboxylic acids is 1. The van der Waals surface area contributed by atoms with Gasteiger partial charge in [0.15, 0.2) is 0 Å². The molecule has 5 nitrogen and oxygen atoms in total. The van der Waals surface area contributed by atoms with E-state index < -0.39 is 0 Å². The van der Waals surface area contributed by atoms with Gasteiger partial charge in [-0.05, 0) is 49.2 Å². The smallest absolute Gasteiger partial charge is 0.258 e. The normalized spacial score (nSPS) is 19.0. The van der Waals surface area contributed by atoms with E-state index in [1.54, 1.807) is 6.07 Å². The van der Waals surface area contributed by atoms with Gasteiger partial charge >= 0.3 is 0 Å². The van der Waals surface area contributed by atoms with Crippen molar-refractivity contribution in [2.75, 3.05) is 37.0 Å². The van der Waals surface area contributed by atoms with Crippen molar-refractivity contribution in [3.8, 4) is 6.07 Å². The van der Waals surface area contributed by atoms with Crippen LogP contribution in [0.5, 0.6) is 0 Å². The van der Waals surface area contributed by atoms with Gasteiger partial charge in [-0.2, -0.15) is 5.26 Å². The lowest BCUT2D eigenvalue weighted by Crippen LogP contribution is -2.40. The molecule has 1 amide bonds. The number of benzene rings is 2. The van der Waals surface area contributed by atoms with E-state index in [4.69, 9.17) is 0 Å². The van der Waals surface area contributed by atoms with E-state index in [0.717, 1.165) is 30.9 Å². The van der Waals surface area contributed by atoms with Gasteiger partial charge in [0.2, 0.25) is 0 Å². The summed E-state index contributed by atoms with van der Waals surface area (Å²) in [5.41, 5.74) is 4.13. The number of hydrogen-bond donors (Lipinski definition) is 0. The number of nitrogens with zero attached hydrogens (tertiary/aromatic N) is 4. The van der Waals surface area contributed by atoms with E-state index in [1.807, 2.05) is 54.2 Å². The molecule has 0 saturated carbocycles. The molecule has 0 N–H and O–H groups in total. The first-order valence-electron chi connectivity index (χ1n) is 9.43. The highest BCUT2D eigenvalue weighted by atomic mass is 16.2. The molecule has 2 heterocycles. The average Bonchev–Trinajstić information content (AvgIpc) is 3.06. The number of amides is 1. The van der Waals surface area contributed by atoms with Crippen LogP contribution in [0.15, 0.2) is 42.5 Å². The van der Waals surface area contributed by atoms with Gasteiger partial charge in [0.05, 0.1) is 11.6 Å². The lowest BCUT2D eigenvalue weighted by molar-refractivity contribution is 0.0981. The zero-order valence-corrected chi connectivity index (χ0v) is 15.9. The molecule has 0 bridgehead atoms. The first kappa shape index (κ1) is 17.6. The molecule has 1 fully saturated rings. The molecule has 1 atom stereocenters. The second-order valence-corrected chi connectivity index (χ2v) is 7.59. The predicted octanol–water partition coefficient (Wildman–Crippen LogP) is 3.25. The van der Waals surface area contributed by atoms with E-state index in [1.165, 1.54) is 12.0 Å². The van der Waals surface area contributed by atoms with Gasteiger partial charge in [-0.15, -0.1) is 0 Å². The van der Waals surface area contributed by atoms with Crippen LogP contribution in [-0.4, -0.2) is 44.0 Å². The molecule has 2 aromatic carbocycles. The summed E-state index contributed by atoms with van der Waals surface area (Å²) in [5, 5.41) is 9.39. The molecule has 4 rings (SSSR count). The quantitative estimate of drug-likeness (QED) is 0.825. The maximum atomic E-state index is 13.5. The van der Waals surface area contributed by atoms with Gasteiger partial charge < -0.3 is 9.80 Å². The summed E-state index contributed by atoms with van der Waals surface area (Å²) in [4.78, 5) is 19.9. The van der Waals surface area contributed by atoms with Crippen LogP contribution in [0, 0.1) is 11.3 Å². The van der Waals surface area contributed by atoms with Crippen molar-refractivity contribution in [1.82, 2.24) is 4.90 Å². The molecule has 2 aliphatic heterocycles. The van der Waals surface area contributed by atoms with E-state index in [-0.39, 0.29) is 5.91 Å². The molecule has 0 radical (unpaired) electrons. The minimum Gasteiger partial charge on any atom is -0.378 e. The van der Waals surface area contributed by atoms with Crippen molar-refractivity contribution in [2.45, 2.75) is 25.4 Å². The highest BCUT2D eigenvalue weighted by Gasteiger charge is 2.33. The molecular weight excluding hydrogens is 336 g/mol. The SMILES string of the molecule is CN(C)c1cc(C#N)cc(C(=O)N2CC3CCCN3Cc3ccccc32)c1. The second-order valence-electron chi connectivity index (χ2n) is 7.59. The molecule has 1 unspecified atom stereocenters. The van der Waals surface area contributed by atoms with Gasteiger partial charge in [-0.1, -0.05) is 18.2 Å². The van der Waals surface area contributed by atoms with Gasteiger partial charge in [-0.25, -0.2) is 0 Å². The lowest BCUT2D eigenvalue weighted by atomic mass is 10.1. The van der Waals surface area contributed by atoms with Crippen LogP contribution in [0.25, 0.3) is 0 Å². The maximum absolute atomic E-state index is 13.5. The second kappa shape index (κ2) is 7.05. The number of hydrogen-bond acceptors (Lipinski definition) is 4. The number of nitriles is 1. The highest BCUT2D eigenvalue weighted by Crippen LogP contribution is 2.32. The van der Waals surface area contributed by atoms with Crippen LogP contribution >= 0.6 is 0 Å². The molecule has 1 saturated heterocycles. The Kier molecular flexibility index (Phi) is 4.59. The molecule has 0 aromatic heterocycles. The summed E-state index contributed by atoms with van der Waals surface area (Å²) in [6.07, 6.45) is 2.31. The molecule has 2 aliphatic rings. The van der Waals surface area contributed by atoms with Crippen molar-refractivity contribution >= 4 is 17.3 Å². The third kappa shape index (κ3) is 3.29. The molecule has 27 heavy (non-hydrogen) atoms. The number of para-hydroxylation sites is 1. The maximum Gasteiger partial charge on any atom is 0.258 e. The minimum absolute atomic E-state index is 0.0311. The van der Waals surface area contributed by atoms with Gasteiger partial charge in [0.1, 0.15) is 0 Å². The Hall–Kier alpha value is -2.84. The van der Waals surface area contributed by atoms with Crippen molar-refractivity contribution in [2.24, 2.45) is 0 Å². The standard InChI is InChI=1S/C22H24N4O/c1-24(2)20-11-16(13-23)10-18(12-20)22(27)26-15-19-7-5-9-25(19)14-17-6-3-4-8-21(17)26/h3-4,6,8,10-12,19H,5,7,9,14-15H2,1-2H3. The fraction of sp³-hybridized carbons (Fsp3) is 0.364. The van der Waals surface area contributed by atoms with Crippen LogP contribution in [-0.2, 0) is 6.54 Å². The highest BCUT2D eigenvalue weighted by molar-refractivity contribution is 6.07. The van der Waals surface area contributed by atoms with E-state index in [2.05, 4.69) is 17.0 Å². The van der Waals surface area contributed by atoms with Gasteiger partial charge in [0.25, 0.3) is 5.91 Å². The average molecular weight is 360 g/mol. The molecule has 0 aliphatic carbocycles. The molecule has 0 spiro atoms. The monoisotopic (exact) mass is 360 g/mol. The van der Waals surface area contributed by atoms with E-state index in [0.29, 0.717) is 23.7 Å². The number of anilines is 2. The molecule has 5 heteroatoms. The van der Waals surface area contributed by atoms with Crippen LogP contribution in [0.4, 0.5) is 11.4 Å². The predicted molar refractivity (Wildman–Crippen MR) is 107 cm³/mol. The van der Waals surface area contributed by atoms with E-state index >= 15 is 0 Å². The fourth-order valence-electron chi connectivity index (χ4n) is 4.15. The third-order valence-electron chi connectivity index (χ3n) is 5.60. The summed E-state index contributed by atoms with van der Waals surface area (Å²) in [6.45, 7) is 2.69. The van der Waals surface area contributed by atoms with E-state index in [9.17, 15) is 10.1 Å². The van der Waals surface area contributed by atoms with Crippen molar-refractivity contribution < 1.29 is 4.79 Å². The Balaban J connectivity index is 1.77. The number of carbonyl (C=O) groups is 1. The summed E-state index contributed by atoms with van der Waals surface area (Å²) in [6, 6.07) is 16.2. The summed E-state index contributed by atoms with van der Waals surface area (Å²) >= 11 is 0. The zero-order valence-electron chi connectivity index (χ0n) is 15.9. The van der Waals surface area contributed by atoms with Crippen LogP contribution < -0.4 is 9.80 Å². The Labute approximate surface area is 160 Å². The van der Waals surface area contributed by atoms with Crippen molar-refractivity contribution in [1.29, 1.82) is 5.26 Å². The Morgan fingerprint density at radius 1 is 1.22 bits per heavy atom. The Morgan fingerprint density at radius 2 is 2.04 bits per heavy atom. The first-order valence-corrected chi connectivity index (χ1v) is 9.43. The summed E-state index contributed by atoms with van der Waals surface area (Å²) in [7, 11) is 3.84. The number of fused-ring (bicyclic) bond motifs is 2. The third-order valence-corrected chi connectivity index (χ3v) is 5.60. The molecular formula is C22H24N4O. The van der Waals surface area contributed by atoms with Crippen LogP contribution in [0.3, 0.4) is 0 Å². The fourth-order valence-corrected chi connectivity index (χ4v) is 4.15. The molecule has 2 aromatic rings. The van der Waals surface area contributed by atoms with Crippen LogP contribution in [0.1, 0.15) is 34.3 Å².